The molecular weight excluding hydrogens is 410 g/mol. The monoisotopic (exact) mass is 435 g/mol. The Morgan fingerprint density at radius 1 is 1.07 bits per heavy atom. The van der Waals surface area contributed by atoms with E-state index in [1.165, 1.54) is 15.6 Å². The van der Waals surface area contributed by atoms with Gasteiger partial charge >= 0.3 is 0 Å². The van der Waals surface area contributed by atoms with Gasteiger partial charge in [-0.25, -0.2) is 8.42 Å². The van der Waals surface area contributed by atoms with Crippen molar-refractivity contribution in [1.29, 1.82) is 0 Å². The van der Waals surface area contributed by atoms with Crippen LogP contribution in [0.5, 0.6) is 0 Å². The van der Waals surface area contributed by atoms with Crippen LogP contribution < -0.4 is 5.32 Å². The van der Waals surface area contributed by atoms with Gasteiger partial charge < -0.3 is 10.2 Å². The van der Waals surface area contributed by atoms with Crippen LogP contribution in [0, 0.1) is 6.92 Å². The van der Waals surface area contributed by atoms with Crippen molar-refractivity contribution in [2.75, 3.05) is 32.7 Å². The Balaban J connectivity index is 1.42. The zero-order chi connectivity index (χ0) is 20.9. The highest BCUT2D eigenvalue weighted by Crippen LogP contribution is 2.18. The summed E-state index contributed by atoms with van der Waals surface area (Å²) < 4.78 is 26.9. The van der Waals surface area contributed by atoms with Crippen LogP contribution in [0.15, 0.2) is 46.7 Å². The normalized spacial score (nSPS) is 15.3. The standard InChI is InChI=1S/C20H25N3O4S2/c1-16-6-8-17(9-7-16)29(26,27)23-13-11-22(12-14-23)19(24)5-2-10-21-20(25)18-4-3-15-28-18/h3-4,6-9,15H,2,5,10-14H2,1H3,(H,21,25). The lowest BCUT2D eigenvalue weighted by Gasteiger charge is -2.34. The molecule has 9 heteroatoms. The average molecular weight is 436 g/mol. The average Bonchev–Trinajstić information content (AvgIpc) is 3.26. The maximum absolute atomic E-state index is 12.7. The Hall–Kier alpha value is -2.23. The molecule has 2 amide bonds. The molecule has 0 unspecified atom stereocenters. The zero-order valence-corrected chi connectivity index (χ0v) is 18.0. The summed E-state index contributed by atoms with van der Waals surface area (Å²) >= 11 is 1.38. The molecule has 1 N–H and O–H groups in total. The fourth-order valence-electron chi connectivity index (χ4n) is 3.13. The van der Waals surface area contributed by atoms with Gasteiger partial charge in [-0.15, -0.1) is 11.3 Å². The molecule has 1 saturated heterocycles. The number of nitrogens with one attached hydrogen (secondary N) is 1. The maximum Gasteiger partial charge on any atom is 0.261 e. The second kappa shape index (κ2) is 9.51. The molecule has 29 heavy (non-hydrogen) atoms. The first-order chi connectivity index (χ1) is 13.9. The van der Waals surface area contributed by atoms with Crippen molar-refractivity contribution in [3.8, 4) is 0 Å². The first-order valence-electron chi connectivity index (χ1n) is 9.54. The Bertz CT molecular complexity index is 933. The molecule has 0 bridgehead atoms. The third-order valence-corrected chi connectivity index (χ3v) is 7.63. The van der Waals surface area contributed by atoms with Gasteiger partial charge in [0.25, 0.3) is 5.91 Å². The van der Waals surface area contributed by atoms with Crippen molar-refractivity contribution in [3.05, 3.63) is 52.2 Å². The molecule has 0 atom stereocenters. The van der Waals surface area contributed by atoms with E-state index in [4.69, 9.17) is 0 Å². The number of hydrogen-bond donors (Lipinski definition) is 1. The Labute approximate surface area is 175 Å². The molecule has 1 aliphatic rings. The topological polar surface area (TPSA) is 86.8 Å². The van der Waals surface area contributed by atoms with E-state index in [0.29, 0.717) is 37.4 Å². The lowest BCUT2D eigenvalue weighted by Crippen LogP contribution is -2.50. The van der Waals surface area contributed by atoms with Crippen molar-refractivity contribution >= 4 is 33.2 Å². The number of rotatable bonds is 7. The molecule has 2 aromatic rings. The predicted octanol–water partition coefficient (Wildman–Crippen LogP) is 2.10. The largest absolute Gasteiger partial charge is 0.351 e. The zero-order valence-electron chi connectivity index (χ0n) is 16.3. The van der Waals surface area contributed by atoms with Gasteiger partial charge in [0.1, 0.15) is 0 Å². The molecule has 1 aromatic carbocycles. The van der Waals surface area contributed by atoms with Gasteiger partial charge in [0.2, 0.25) is 15.9 Å². The fourth-order valence-corrected chi connectivity index (χ4v) is 5.19. The molecule has 7 nitrogen and oxygen atoms in total. The SMILES string of the molecule is Cc1ccc(S(=O)(=O)N2CCN(C(=O)CCCNC(=O)c3cccs3)CC2)cc1. The van der Waals surface area contributed by atoms with Crippen LogP contribution in [0.1, 0.15) is 28.1 Å². The third kappa shape index (κ3) is 5.43. The molecule has 1 aliphatic heterocycles. The number of carbonyl (C=O) groups is 2. The Morgan fingerprint density at radius 3 is 2.38 bits per heavy atom. The Kier molecular flexibility index (Phi) is 7.05. The molecule has 0 aliphatic carbocycles. The molecule has 0 spiro atoms. The number of sulfonamides is 1. The predicted molar refractivity (Wildman–Crippen MR) is 112 cm³/mol. The molecule has 2 heterocycles. The summed E-state index contributed by atoms with van der Waals surface area (Å²) in [6, 6.07) is 10.4. The summed E-state index contributed by atoms with van der Waals surface area (Å²) in [6.45, 7) is 3.68. The summed E-state index contributed by atoms with van der Waals surface area (Å²) in [5, 5.41) is 4.65. The lowest BCUT2D eigenvalue weighted by molar-refractivity contribution is -0.132. The summed E-state index contributed by atoms with van der Waals surface area (Å²) in [5.74, 6) is -0.134. The Morgan fingerprint density at radius 2 is 1.76 bits per heavy atom. The van der Waals surface area contributed by atoms with E-state index in [2.05, 4.69) is 5.32 Å². The van der Waals surface area contributed by atoms with Gasteiger partial charge in [-0.05, 0) is 36.9 Å². The summed E-state index contributed by atoms with van der Waals surface area (Å²) in [7, 11) is -3.53. The number of amides is 2. The summed E-state index contributed by atoms with van der Waals surface area (Å²) in [6.07, 6.45) is 0.882. The van der Waals surface area contributed by atoms with Crippen molar-refractivity contribution in [2.24, 2.45) is 0 Å². The smallest absolute Gasteiger partial charge is 0.261 e. The second-order valence-electron chi connectivity index (χ2n) is 6.93. The molecule has 0 saturated carbocycles. The van der Waals surface area contributed by atoms with Gasteiger partial charge in [-0.1, -0.05) is 23.8 Å². The van der Waals surface area contributed by atoms with E-state index in [1.807, 2.05) is 18.4 Å². The maximum atomic E-state index is 12.7. The van der Waals surface area contributed by atoms with Crippen molar-refractivity contribution in [3.63, 3.8) is 0 Å². The summed E-state index contributed by atoms with van der Waals surface area (Å²) in [4.78, 5) is 26.9. The van der Waals surface area contributed by atoms with E-state index in [0.717, 1.165) is 5.56 Å². The number of piperazine rings is 1. The number of aryl methyl sites for hydroxylation is 1. The van der Waals surface area contributed by atoms with Crippen molar-refractivity contribution < 1.29 is 18.0 Å². The molecule has 1 fully saturated rings. The number of thiophene rings is 1. The first-order valence-corrected chi connectivity index (χ1v) is 11.9. The van der Waals surface area contributed by atoms with Gasteiger partial charge in [-0.2, -0.15) is 4.31 Å². The minimum atomic E-state index is -3.53. The van der Waals surface area contributed by atoms with Crippen LogP contribution >= 0.6 is 11.3 Å². The van der Waals surface area contributed by atoms with E-state index in [-0.39, 0.29) is 29.8 Å². The van der Waals surface area contributed by atoms with Gasteiger partial charge in [0.15, 0.2) is 0 Å². The fraction of sp³-hybridized carbons (Fsp3) is 0.400. The van der Waals surface area contributed by atoms with Crippen LogP contribution in [-0.2, 0) is 14.8 Å². The van der Waals surface area contributed by atoms with Gasteiger partial charge in [0, 0.05) is 39.1 Å². The van der Waals surface area contributed by atoms with Crippen LogP contribution in [0.2, 0.25) is 0 Å². The quantitative estimate of drug-likeness (QED) is 0.675. The highest BCUT2D eigenvalue weighted by molar-refractivity contribution is 7.89. The van der Waals surface area contributed by atoms with E-state index in [9.17, 15) is 18.0 Å². The molecule has 156 valence electrons. The first kappa shape index (κ1) is 21.5. The minimum Gasteiger partial charge on any atom is -0.351 e. The van der Waals surface area contributed by atoms with Crippen LogP contribution in [0.3, 0.4) is 0 Å². The lowest BCUT2D eigenvalue weighted by atomic mass is 10.2. The van der Waals surface area contributed by atoms with E-state index < -0.39 is 10.0 Å². The number of nitrogens with zero attached hydrogens (tertiary/aromatic N) is 2. The van der Waals surface area contributed by atoms with Crippen LogP contribution in [0.4, 0.5) is 0 Å². The van der Waals surface area contributed by atoms with Crippen molar-refractivity contribution in [2.45, 2.75) is 24.7 Å². The van der Waals surface area contributed by atoms with Gasteiger partial charge in [-0.3, -0.25) is 9.59 Å². The number of hydrogen-bond acceptors (Lipinski definition) is 5. The molecule has 0 radical (unpaired) electrons. The van der Waals surface area contributed by atoms with E-state index in [1.54, 1.807) is 35.2 Å². The number of benzene rings is 1. The van der Waals surface area contributed by atoms with Crippen LogP contribution in [-0.4, -0.2) is 62.2 Å². The van der Waals surface area contributed by atoms with Crippen molar-refractivity contribution in [1.82, 2.24) is 14.5 Å². The highest BCUT2D eigenvalue weighted by atomic mass is 32.2. The number of carbonyl (C=O) groups excluding carboxylic acids is 2. The highest BCUT2D eigenvalue weighted by Gasteiger charge is 2.29. The second-order valence-corrected chi connectivity index (χ2v) is 9.82. The van der Waals surface area contributed by atoms with E-state index >= 15 is 0 Å². The molecular formula is C20H25N3O4S2. The molecule has 1 aromatic heterocycles. The van der Waals surface area contributed by atoms with Crippen LogP contribution in [0.25, 0.3) is 0 Å². The van der Waals surface area contributed by atoms with Gasteiger partial charge in [0.05, 0.1) is 9.77 Å². The summed E-state index contributed by atoms with van der Waals surface area (Å²) in [5.41, 5.74) is 1.01. The minimum absolute atomic E-state index is 0.0113. The molecule has 3 rings (SSSR count). The third-order valence-electron chi connectivity index (χ3n) is 4.85.